The third-order valence-electron chi connectivity index (χ3n) is 2.70. The number of amides is 1. The number of anilines is 1. The van der Waals surface area contributed by atoms with Crippen molar-refractivity contribution in [2.24, 2.45) is 0 Å². The smallest absolute Gasteiger partial charge is 0.227 e. The van der Waals surface area contributed by atoms with Crippen LogP contribution in [0.2, 0.25) is 0 Å². The summed E-state index contributed by atoms with van der Waals surface area (Å²) in [6.45, 7) is 2.35. The van der Waals surface area contributed by atoms with E-state index in [1.54, 1.807) is 0 Å². The second-order valence-corrected chi connectivity index (χ2v) is 5.39. The Morgan fingerprint density at radius 1 is 1.20 bits per heavy atom. The molecule has 0 unspecified atom stereocenters. The zero-order chi connectivity index (χ0) is 14.4. The van der Waals surface area contributed by atoms with Crippen LogP contribution in [0.5, 0.6) is 5.75 Å². The number of halogens is 1. The molecule has 1 amide bonds. The molecule has 3 nitrogen and oxygen atoms in total. The maximum Gasteiger partial charge on any atom is 0.227 e. The molecule has 0 atom stereocenters. The largest absolute Gasteiger partial charge is 0.493 e. The van der Waals surface area contributed by atoms with Gasteiger partial charge in [0.25, 0.3) is 0 Å². The molecule has 4 heteroatoms. The topological polar surface area (TPSA) is 38.3 Å². The minimum Gasteiger partial charge on any atom is -0.493 e. The molecule has 20 heavy (non-hydrogen) atoms. The number of hydrogen-bond donors (Lipinski definition) is 1. The highest BCUT2D eigenvalue weighted by Gasteiger charge is 2.03. The van der Waals surface area contributed by atoms with E-state index in [0.717, 1.165) is 21.5 Å². The molecule has 0 aliphatic carbocycles. The minimum atomic E-state index is -0.0504. The fourth-order valence-corrected chi connectivity index (χ4v) is 2.14. The van der Waals surface area contributed by atoms with E-state index in [0.29, 0.717) is 13.0 Å². The lowest BCUT2D eigenvalue weighted by atomic mass is 10.2. The standard InChI is InChI=1S/C16H16BrNO2/c1-12-4-2-6-14(10-12)18-16(19)8-9-20-15-7-3-5-13(17)11-15/h2-7,10-11H,8-9H2,1H3,(H,18,19). The quantitative estimate of drug-likeness (QED) is 0.891. The molecule has 2 aromatic rings. The van der Waals surface area contributed by atoms with Crippen LogP contribution in [0.4, 0.5) is 5.69 Å². The summed E-state index contributed by atoms with van der Waals surface area (Å²) in [7, 11) is 0. The molecular weight excluding hydrogens is 318 g/mol. The molecular formula is C16H16BrNO2. The molecule has 0 bridgehead atoms. The molecule has 0 saturated heterocycles. The average molecular weight is 334 g/mol. The molecule has 0 radical (unpaired) electrons. The van der Waals surface area contributed by atoms with E-state index in [1.807, 2.05) is 55.5 Å². The van der Waals surface area contributed by atoms with Crippen molar-refractivity contribution in [2.45, 2.75) is 13.3 Å². The molecule has 2 aromatic carbocycles. The van der Waals surface area contributed by atoms with Gasteiger partial charge in [-0.1, -0.05) is 34.1 Å². The van der Waals surface area contributed by atoms with Crippen LogP contribution in [-0.4, -0.2) is 12.5 Å². The fraction of sp³-hybridized carbons (Fsp3) is 0.188. The first kappa shape index (κ1) is 14.6. The van der Waals surface area contributed by atoms with Gasteiger partial charge in [0, 0.05) is 10.2 Å². The summed E-state index contributed by atoms with van der Waals surface area (Å²) < 4.78 is 6.49. The number of benzene rings is 2. The number of rotatable bonds is 5. The Hall–Kier alpha value is -1.81. The first-order valence-electron chi connectivity index (χ1n) is 6.38. The van der Waals surface area contributed by atoms with E-state index < -0.39 is 0 Å². The van der Waals surface area contributed by atoms with E-state index in [9.17, 15) is 4.79 Å². The van der Waals surface area contributed by atoms with E-state index in [-0.39, 0.29) is 5.91 Å². The molecule has 0 saturated carbocycles. The molecule has 104 valence electrons. The summed E-state index contributed by atoms with van der Waals surface area (Å²) in [4.78, 5) is 11.8. The Kier molecular flexibility index (Phi) is 5.18. The fourth-order valence-electron chi connectivity index (χ4n) is 1.76. The summed E-state index contributed by atoms with van der Waals surface area (Å²) in [5.74, 6) is 0.702. The van der Waals surface area contributed by atoms with Crippen molar-refractivity contribution >= 4 is 27.5 Å². The Morgan fingerprint density at radius 2 is 2.00 bits per heavy atom. The van der Waals surface area contributed by atoms with Crippen LogP contribution in [0.1, 0.15) is 12.0 Å². The number of hydrogen-bond acceptors (Lipinski definition) is 2. The lowest BCUT2D eigenvalue weighted by Crippen LogP contribution is -2.15. The van der Waals surface area contributed by atoms with Gasteiger partial charge in [-0.3, -0.25) is 4.79 Å². The highest BCUT2D eigenvalue weighted by molar-refractivity contribution is 9.10. The van der Waals surface area contributed by atoms with Gasteiger partial charge in [0.05, 0.1) is 13.0 Å². The normalized spacial score (nSPS) is 10.1. The van der Waals surface area contributed by atoms with Gasteiger partial charge in [0.1, 0.15) is 5.75 Å². The molecule has 2 rings (SSSR count). The van der Waals surface area contributed by atoms with Crippen molar-refractivity contribution in [1.82, 2.24) is 0 Å². The number of carbonyl (C=O) groups excluding carboxylic acids is 1. The van der Waals surface area contributed by atoms with Gasteiger partial charge in [0.15, 0.2) is 0 Å². The van der Waals surface area contributed by atoms with Crippen LogP contribution in [0.3, 0.4) is 0 Å². The highest BCUT2D eigenvalue weighted by Crippen LogP contribution is 2.17. The highest BCUT2D eigenvalue weighted by atomic mass is 79.9. The first-order chi connectivity index (χ1) is 9.63. The zero-order valence-corrected chi connectivity index (χ0v) is 12.8. The van der Waals surface area contributed by atoms with Gasteiger partial charge in [-0.25, -0.2) is 0 Å². The lowest BCUT2D eigenvalue weighted by molar-refractivity contribution is -0.116. The number of ether oxygens (including phenoxy) is 1. The summed E-state index contributed by atoms with van der Waals surface area (Å²) in [5.41, 5.74) is 1.94. The predicted octanol–water partition coefficient (Wildman–Crippen LogP) is 4.17. The minimum absolute atomic E-state index is 0.0504. The molecule has 0 spiro atoms. The SMILES string of the molecule is Cc1cccc(NC(=O)CCOc2cccc(Br)c2)c1. The maximum atomic E-state index is 11.8. The van der Waals surface area contributed by atoms with E-state index in [4.69, 9.17) is 4.74 Å². The second-order valence-electron chi connectivity index (χ2n) is 4.47. The van der Waals surface area contributed by atoms with Gasteiger partial charge in [-0.2, -0.15) is 0 Å². The third kappa shape index (κ3) is 4.70. The van der Waals surface area contributed by atoms with Crippen molar-refractivity contribution in [1.29, 1.82) is 0 Å². The molecule has 0 aromatic heterocycles. The summed E-state index contributed by atoms with van der Waals surface area (Å²) >= 11 is 3.37. The van der Waals surface area contributed by atoms with Crippen molar-refractivity contribution in [2.75, 3.05) is 11.9 Å². The predicted molar refractivity (Wildman–Crippen MR) is 84.1 cm³/mol. The summed E-state index contributed by atoms with van der Waals surface area (Å²) in [6, 6.07) is 15.3. The van der Waals surface area contributed by atoms with Gasteiger partial charge >= 0.3 is 0 Å². The first-order valence-corrected chi connectivity index (χ1v) is 7.18. The number of aryl methyl sites for hydroxylation is 1. The summed E-state index contributed by atoms with van der Waals surface area (Å²) in [6.07, 6.45) is 0.320. The summed E-state index contributed by atoms with van der Waals surface area (Å²) in [5, 5.41) is 2.85. The molecule has 0 aliphatic heterocycles. The Bertz CT molecular complexity index is 599. The van der Waals surface area contributed by atoms with Crippen LogP contribution < -0.4 is 10.1 Å². The van der Waals surface area contributed by atoms with E-state index >= 15 is 0 Å². The van der Waals surface area contributed by atoms with Crippen LogP contribution in [0, 0.1) is 6.92 Å². The molecule has 0 fully saturated rings. The number of nitrogens with one attached hydrogen (secondary N) is 1. The van der Waals surface area contributed by atoms with Gasteiger partial charge in [0.2, 0.25) is 5.91 Å². The van der Waals surface area contributed by atoms with Crippen LogP contribution >= 0.6 is 15.9 Å². The van der Waals surface area contributed by atoms with E-state index in [1.165, 1.54) is 0 Å². The van der Waals surface area contributed by atoms with Crippen molar-refractivity contribution < 1.29 is 9.53 Å². The van der Waals surface area contributed by atoms with Crippen LogP contribution in [0.25, 0.3) is 0 Å². The van der Waals surface area contributed by atoms with Gasteiger partial charge in [-0.05, 0) is 42.8 Å². The monoisotopic (exact) mass is 333 g/mol. The average Bonchev–Trinajstić information content (AvgIpc) is 2.38. The van der Waals surface area contributed by atoms with Crippen molar-refractivity contribution in [3.8, 4) is 5.75 Å². The Balaban J connectivity index is 1.78. The third-order valence-corrected chi connectivity index (χ3v) is 3.19. The molecule has 0 heterocycles. The van der Waals surface area contributed by atoms with Crippen LogP contribution in [-0.2, 0) is 4.79 Å². The Morgan fingerprint density at radius 3 is 2.75 bits per heavy atom. The van der Waals surface area contributed by atoms with Crippen LogP contribution in [0.15, 0.2) is 53.0 Å². The van der Waals surface area contributed by atoms with Gasteiger partial charge in [-0.15, -0.1) is 0 Å². The van der Waals surface area contributed by atoms with E-state index in [2.05, 4.69) is 21.2 Å². The second kappa shape index (κ2) is 7.10. The lowest BCUT2D eigenvalue weighted by Gasteiger charge is -2.08. The Labute approximate surface area is 127 Å². The maximum absolute atomic E-state index is 11.8. The van der Waals surface area contributed by atoms with Crippen molar-refractivity contribution in [3.05, 3.63) is 58.6 Å². The zero-order valence-electron chi connectivity index (χ0n) is 11.2. The number of carbonyl (C=O) groups is 1. The molecule has 1 N–H and O–H groups in total. The molecule has 0 aliphatic rings. The van der Waals surface area contributed by atoms with Crippen molar-refractivity contribution in [3.63, 3.8) is 0 Å². The van der Waals surface area contributed by atoms with Gasteiger partial charge < -0.3 is 10.1 Å².